The Bertz CT molecular complexity index is 38.1. The lowest BCUT2D eigenvalue weighted by Gasteiger charge is -1.67. The van der Waals surface area contributed by atoms with Crippen molar-refractivity contribution >= 4 is 23.1 Å². The monoisotopic (exact) mass is 164 g/mol. The molecule has 0 atom stereocenters. The summed E-state index contributed by atoms with van der Waals surface area (Å²) in [6, 6.07) is 0. The van der Waals surface area contributed by atoms with Crippen LogP contribution in [0.25, 0.3) is 0 Å². The van der Waals surface area contributed by atoms with Crippen LogP contribution < -0.4 is 0 Å². The summed E-state index contributed by atoms with van der Waals surface area (Å²) in [6.07, 6.45) is 15.0. The number of hydrogen-bond acceptors (Lipinski definition) is 0. The Hall–Kier alpha value is 0.766. The lowest BCUT2D eigenvalue weighted by Crippen LogP contribution is -1.47. The lowest BCUT2D eigenvalue weighted by atomic mass is 10.4. The van der Waals surface area contributed by atoms with E-state index < -0.39 is 0 Å². The van der Waals surface area contributed by atoms with Gasteiger partial charge in [0.05, 0.1) is 0 Å². The molecule has 0 bridgehead atoms. The molecular formula is C10H20Mg. The maximum absolute atomic E-state index is 1.50. The van der Waals surface area contributed by atoms with Crippen molar-refractivity contribution in [2.24, 2.45) is 0 Å². The van der Waals surface area contributed by atoms with Crippen LogP contribution in [0.2, 0.25) is 0 Å². The van der Waals surface area contributed by atoms with Gasteiger partial charge in [-0.25, -0.2) is 0 Å². The van der Waals surface area contributed by atoms with Crippen LogP contribution >= 0.6 is 0 Å². The van der Waals surface area contributed by atoms with E-state index in [-0.39, 0.29) is 23.1 Å². The molecule has 0 aromatic rings. The van der Waals surface area contributed by atoms with Gasteiger partial charge in [0, 0.05) is 23.1 Å². The first kappa shape index (κ1) is 11.8. The van der Waals surface area contributed by atoms with Gasteiger partial charge in [-0.05, 0) is 0 Å². The normalized spacial score (nSPS) is 21.8. The molecular weight excluding hydrogens is 144 g/mol. The van der Waals surface area contributed by atoms with Gasteiger partial charge < -0.3 is 0 Å². The van der Waals surface area contributed by atoms with Gasteiger partial charge in [-0.1, -0.05) is 64.2 Å². The van der Waals surface area contributed by atoms with Crippen molar-refractivity contribution in [1.29, 1.82) is 0 Å². The Kier molecular flexibility index (Phi) is 9.48. The van der Waals surface area contributed by atoms with Crippen LogP contribution in [0.1, 0.15) is 64.2 Å². The van der Waals surface area contributed by atoms with E-state index >= 15 is 0 Å². The van der Waals surface area contributed by atoms with E-state index in [2.05, 4.69) is 0 Å². The summed E-state index contributed by atoms with van der Waals surface area (Å²) in [5.74, 6) is 0. The Morgan fingerprint density at radius 1 is 0.273 bits per heavy atom. The molecule has 0 aliphatic heterocycles. The average molecular weight is 165 g/mol. The Balaban J connectivity index is 0.000000167. The van der Waals surface area contributed by atoms with Gasteiger partial charge in [0.15, 0.2) is 0 Å². The molecule has 2 saturated carbocycles. The number of rotatable bonds is 0. The molecule has 0 amide bonds. The Morgan fingerprint density at radius 3 is 0.455 bits per heavy atom. The molecule has 2 fully saturated rings. The van der Waals surface area contributed by atoms with Gasteiger partial charge >= 0.3 is 0 Å². The second kappa shape index (κ2) is 8.86. The van der Waals surface area contributed by atoms with E-state index in [1.54, 1.807) is 0 Å². The average Bonchev–Trinajstić information content (AvgIpc) is 2.67. The highest BCUT2D eigenvalue weighted by molar-refractivity contribution is 5.75. The van der Waals surface area contributed by atoms with Gasteiger partial charge in [0.1, 0.15) is 0 Å². The molecule has 2 aliphatic rings. The number of hydrogen-bond donors (Lipinski definition) is 0. The van der Waals surface area contributed by atoms with Crippen molar-refractivity contribution in [2.45, 2.75) is 64.2 Å². The van der Waals surface area contributed by atoms with E-state index in [0.29, 0.717) is 0 Å². The van der Waals surface area contributed by atoms with Crippen molar-refractivity contribution < 1.29 is 0 Å². The third-order valence-electron chi connectivity index (χ3n) is 2.50. The van der Waals surface area contributed by atoms with E-state index in [9.17, 15) is 0 Å². The highest BCUT2D eigenvalue weighted by Crippen LogP contribution is 2.15. The fourth-order valence-corrected chi connectivity index (χ4v) is 1.77. The fourth-order valence-electron chi connectivity index (χ4n) is 1.77. The summed E-state index contributed by atoms with van der Waals surface area (Å²) >= 11 is 0. The van der Waals surface area contributed by atoms with Crippen LogP contribution in [0.3, 0.4) is 0 Å². The third-order valence-corrected chi connectivity index (χ3v) is 2.50. The maximum Gasteiger partial charge on any atom is 0 e. The molecule has 0 nitrogen and oxygen atoms in total. The van der Waals surface area contributed by atoms with Gasteiger partial charge in [-0.2, -0.15) is 0 Å². The fraction of sp³-hybridized carbons (Fsp3) is 1.00. The van der Waals surface area contributed by atoms with E-state index in [0.717, 1.165) is 0 Å². The highest BCUT2D eigenvalue weighted by Gasteiger charge is 1.95. The topological polar surface area (TPSA) is 0 Å². The zero-order valence-corrected chi connectivity index (χ0v) is 9.19. The van der Waals surface area contributed by atoms with Crippen molar-refractivity contribution in [1.82, 2.24) is 0 Å². The van der Waals surface area contributed by atoms with Crippen molar-refractivity contribution in [3.05, 3.63) is 0 Å². The second-order valence-corrected chi connectivity index (χ2v) is 3.54. The standard InChI is InChI=1S/2C5H10.Mg/c2*1-2-4-5-3-1;/h2*1-5H2;. The Morgan fingerprint density at radius 2 is 0.364 bits per heavy atom. The van der Waals surface area contributed by atoms with E-state index in [1.165, 1.54) is 64.2 Å². The first-order valence-electron chi connectivity index (χ1n) is 5.00. The van der Waals surface area contributed by atoms with Gasteiger partial charge in [-0.3, -0.25) is 0 Å². The zero-order chi connectivity index (χ0) is 7.07. The highest BCUT2D eigenvalue weighted by atomic mass is 24.3. The van der Waals surface area contributed by atoms with Crippen molar-refractivity contribution in [2.75, 3.05) is 0 Å². The SMILES string of the molecule is C1CCCC1.C1CCCC1.[Mg]. The molecule has 62 valence electrons. The molecule has 2 aliphatic carbocycles. The molecule has 2 radical (unpaired) electrons. The largest absolute Gasteiger partial charge is 0.0533 e. The quantitative estimate of drug-likeness (QED) is 0.481. The van der Waals surface area contributed by atoms with Crippen molar-refractivity contribution in [3.8, 4) is 0 Å². The van der Waals surface area contributed by atoms with Crippen LogP contribution in [-0.4, -0.2) is 23.1 Å². The minimum atomic E-state index is 0. The van der Waals surface area contributed by atoms with Gasteiger partial charge in [0.2, 0.25) is 0 Å². The smallest absolute Gasteiger partial charge is 0 e. The van der Waals surface area contributed by atoms with Crippen LogP contribution in [0, 0.1) is 0 Å². The van der Waals surface area contributed by atoms with Crippen LogP contribution in [-0.2, 0) is 0 Å². The molecule has 0 unspecified atom stereocenters. The summed E-state index contributed by atoms with van der Waals surface area (Å²) in [5.41, 5.74) is 0. The summed E-state index contributed by atoms with van der Waals surface area (Å²) in [6.45, 7) is 0. The first-order chi connectivity index (χ1) is 5.00. The molecule has 0 aromatic carbocycles. The summed E-state index contributed by atoms with van der Waals surface area (Å²) in [5, 5.41) is 0. The van der Waals surface area contributed by atoms with Crippen molar-refractivity contribution in [3.63, 3.8) is 0 Å². The van der Waals surface area contributed by atoms with E-state index in [1.807, 2.05) is 0 Å². The maximum atomic E-state index is 1.50. The lowest BCUT2D eigenvalue weighted by molar-refractivity contribution is 0.886. The predicted molar refractivity (Wildman–Crippen MR) is 51.9 cm³/mol. The summed E-state index contributed by atoms with van der Waals surface area (Å²) < 4.78 is 0. The molecule has 0 N–H and O–H groups in total. The molecule has 2 rings (SSSR count). The van der Waals surface area contributed by atoms with Crippen LogP contribution in [0.15, 0.2) is 0 Å². The molecule has 0 aromatic heterocycles. The minimum absolute atomic E-state index is 0. The molecule has 1 heteroatoms. The molecule has 0 saturated heterocycles. The molecule has 0 heterocycles. The minimum Gasteiger partial charge on any atom is -0.0533 e. The predicted octanol–water partition coefficient (Wildman–Crippen LogP) is 3.52. The van der Waals surface area contributed by atoms with Gasteiger partial charge in [0.25, 0.3) is 0 Å². The van der Waals surface area contributed by atoms with Crippen LogP contribution in [0.4, 0.5) is 0 Å². The Labute approximate surface area is 87.3 Å². The summed E-state index contributed by atoms with van der Waals surface area (Å²) in [7, 11) is 0. The van der Waals surface area contributed by atoms with Crippen LogP contribution in [0.5, 0.6) is 0 Å². The second-order valence-electron chi connectivity index (χ2n) is 3.54. The van der Waals surface area contributed by atoms with Gasteiger partial charge in [-0.15, -0.1) is 0 Å². The summed E-state index contributed by atoms with van der Waals surface area (Å²) in [4.78, 5) is 0. The third kappa shape index (κ3) is 7.14. The zero-order valence-electron chi connectivity index (χ0n) is 7.78. The molecule has 11 heavy (non-hydrogen) atoms. The first-order valence-corrected chi connectivity index (χ1v) is 5.00. The van der Waals surface area contributed by atoms with E-state index in [4.69, 9.17) is 0 Å². The molecule has 0 spiro atoms.